The highest BCUT2D eigenvalue weighted by molar-refractivity contribution is 7.92. The van der Waals surface area contributed by atoms with Crippen molar-refractivity contribution in [3.8, 4) is 5.75 Å². The Hall–Kier alpha value is -3.39. The smallest absolute Gasteiger partial charge is 0.265 e. The first-order valence-electron chi connectivity index (χ1n) is 10.2. The van der Waals surface area contributed by atoms with Crippen LogP contribution in [0.4, 0.5) is 11.5 Å². The molecular weight excluding hydrogens is 426 g/mol. The average Bonchev–Trinajstić information content (AvgIpc) is 2.74. The predicted molar refractivity (Wildman–Crippen MR) is 125 cm³/mol. The molecule has 0 saturated heterocycles. The van der Waals surface area contributed by atoms with Crippen LogP contribution in [0, 0.1) is 0 Å². The first-order valence-corrected chi connectivity index (χ1v) is 11.6. The van der Waals surface area contributed by atoms with Crippen LogP contribution in [0.25, 0.3) is 0 Å². The number of carbonyl (C=O) groups excluding carboxylic acids is 1. The Balaban J connectivity index is 1.60. The maximum absolute atomic E-state index is 12.5. The highest BCUT2D eigenvalue weighted by Gasteiger charge is 2.18. The number of nitrogens with one attached hydrogen (secondary N) is 2. The van der Waals surface area contributed by atoms with Gasteiger partial charge in [0.05, 0.1) is 4.90 Å². The lowest BCUT2D eigenvalue weighted by molar-refractivity contribution is -0.122. The van der Waals surface area contributed by atoms with Gasteiger partial charge in [0, 0.05) is 11.9 Å². The third-order valence-corrected chi connectivity index (χ3v) is 6.11. The van der Waals surface area contributed by atoms with Crippen LogP contribution in [0.15, 0.2) is 77.8 Å². The molecule has 0 fully saturated rings. The number of aromatic nitrogens is 1. The van der Waals surface area contributed by atoms with Crippen LogP contribution in [-0.4, -0.2) is 25.4 Å². The van der Waals surface area contributed by atoms with Gasteiger partial charge >= 0.3 is 0 Å². The largest absolute Gasteiger partial charge is 0.481 e. The van der Waals surface area contributed by atoms with E-state index in [1.165, 1.54) is 36.0 Å². The first kappa shape index (κ1) is 23.3. The Labute approximate surface area is 188 Å². The zero-order chi connectivity index (χ0) is 23.4. The quantitative estimate of drug-likeness (QED) is 0.545. The summed E-state index contributed by atoms with van der Waals surface area (Å²) < 4.78 is 33.1. The molecule has 32 heavy (non-hydrogen) atoms. The number of sulfonamides is 1. The molecule has 0 radical (unpaired) electrons. The standard InChI is InChI=1S/C24H27N3O4S/c1-17(31-20-12-8-18(9-13-20)24(2,3)4)23(28)26-19-10-14-21(15-11-19)32(29,30)27-22-7-5-6-16-25-22/h5-17H,1-4H3,(H,25,27)(H,26,28). The van der Waals surface area contributed by atoms with Gasteiger partial charge in [-0.05, 0) is 66.4 Å². The Kier molecular flexibility index (Phi) is 6.84. The minimum Gasteiger partial charge on any atom is -0.481 e. The van der Waals surface area contributed by atoms with Crippen molar-refractivity contribution in [3.63, 3.8) is 0 Å². The summed E-state index contributed by atoms with van der Waals surface area (Å²) in [6, 6.07) is 18.5. The summed E-state index contributed by atoms with van der Waals surface area (Å²) in [7, 11) is -3.78. The molecule has 1 aromatic heterocycles. The average molecular weight is 454 g/mol. The fourth-order valence-electron chi connectivity index (χ4n) is 2.87. The Morgan fingerprint density at radius 3 is 2.19 bits per heavy atom. The zero-order valence-corrected chi connectivity index (χ0v) is 19.3. The van der Waals surface area contributed by atoms with E-state index < -0.39 is 16.1 Å². The lowest BCUT2D eigenvalue weighted by Crippen LogP contribution is -2.30. The summed E-state index contributed by atoms with van der Waals surface area (Å²) in [5.74, 6) is 0.487. The monoisotopic (exact) mass is 453 g/mol. The molecule has 168 valence electrons. The molecule has 0 bridgehead atoms. The zero-order valence-electron chi connectivity index (χ0n) is 18.5. The predicted octanol–water partition coefficient (Wildman–Crippen LogP) is 4.59. The van der Waals surface area contributed by atoms with E-state index in [-0.39, 0.29) is 22.0 Å². The molecule has 2 aromatic carbocycles. The maximum atomic E-state index is 12.5. The number of rotatable bonds is 7. The minimum absolute atomic E-state index is 0.0360. The van der Waals surface area contributed by atoms with E-state index in [2.05, 4.69) is 35.8 Å². The summed E-state index contributed by atoms with van der Waals surface area (Å²) >= 11 is 0. The van der Waals surface area contributed by atoms with E-state index in [1.54, 1.807) is 25.1 Å². The molecule has 1 unspecified atom stereocenters. The fraction of sp³-hybridized carbons (Fsp3) is 0.250. The van der Waals surface area contributed by atoms with Crippen LogP contribution in [-0.2, 0) is 20.2 Å². The van der Waals surface area contributed by atoms with E-state index in [9.17, 15) is 13.2 Å². The third kappa shape index (κ3) is 6.07. The van der Waals surface area contributed by atoms with Gasteiger partial charge in [-0.25, -0.2) is 13.4 Å². The first-order chi connectivity index (χ1) is 15.0. The number of hydrogen-bond acceptors (Lipinski definition) is 5. The number of pyridine rings is 1. The molecule has 1 atom stereocenters. The van der Waals surface area contributed by atoms with Gasteiger partial charge in [-0.1, -0.05) is 39.0 Å². The van der Waals surface area contributed by atoms with Gasteiger partial charge < -0.3 is 10.1 Å². The van der Waals surface area contributed by atoms with E-state index in [0.717, 1.165) is 0 Å². The minimum atomic E-state index is -3.78. The summed E-state index contributed by atoms with van der Waals surface area (Å²) in [5.41, 5.74) is 1.67. The van der Waals surface area contributed by atoms with Gasteiger partial charge in [-0.15, -0.1) is 0 Å². The highest BCUT2D eigenvalue weighted by Crippen LogP contribution is 2.25. The lowest BCUT2D eigenvalue weighted by Gasteiger charge is -2.20. The third-order valence-electron chi connectivity index (χ3n) is 4.74. The molecule has 7 nitrogen and oxygen atoms in total. The van der Waals surface area contributed by atoms with Crippen molar-refractivity contribution in [2.24, 2.45) is 0 Å². The maximum Gasteiger partial charge on any atom is 0.265 e. The van der Waals surface area contributed by atoms with Crippen LogP contribution in [0.1, 0.15) is 33.3 Å². The number of ether oxygens (including phenoxy) is 1. The Bertz CT molecular complexity index is 1150. The molecule has 3 rings (SSSR count). The molecule has 3 aromatic rings. The van der Waals surface area contributed by atoms with Crippen LogP contribution in [0.2, 0.25) is 0 Å². The second-order valence-electron chi connectivity index (χ2n) is 8.37. The van der Waals surface area contributed by atoms with Crippen molar-refractivity contribution in [3.05, 3.63) is 78.5 Å². The topological polar surface area (TPSA) is 97.4 Å². The summed E-state index contributed by atoms with van der Waals surface area (Å²) in [5, 5.41) is 2.73. The Morgan fingerprint density at radius 1 is 0.969 bits per heavy atom. The van der Waals surface area contributed by atoms with Crippen LogP contribution < -0.4 is 14.8 Å². The second-order valence-corrected chi connectivity index (χ2v) is 10.1. The normalized spacial score (nSPS) is 12.6. The number of anilines is 2. The molecule has 0 aliphatic carbocycles. The van der Waals surface area contributed by atoms with Gasteiger partial charge in [0.2, 0.25) is 0 Å². The summed E-state index contributed by atoms with van der Waals surface area (Å²) in [6.45, 7) is 8.04. The number of carbonyl (C=O) groups is 1. The van der Waals surface area contributed by atoms with Gasteiger partial charge in [0.15, 0.2) is 6.10 Å². The van der Waals surface area contributed by atoms with E-state index >= 15 is 0 Å². The van der Waals surface area contributed by atoms with Crippen molar-refractivity contribution in [2.45, 2.75) is 44.1 Å². The van der Waals surface area contributed by atoms with Gasteiger partial charge in [0.1, 0.15) is 11.6 Å². The van der Waals surface area contributed by atoms with Crippen molar-refractivity contribution >= 4 is 27.4 Å². The van der Waals surface area contributed by atoms with Gasteiger partial charge in [-0.2, -0.15) is 0 Å². The summed E-state index contributed by atoms with van der Waals surface area (Å²) in [4.78, 5) is 16.5. The Morgan fingerprint density at radius 2 is 1.62 bits per heavy atom. The molecule has 1 heterocycles. The number of hydrogen-bond donors (Lipinski definition) is 2. The molecule has 0 spiro atoms. The SMILES string of the molecule is CC(Oc1ccc(C(C)(C)C)cc1)C(=O)Nc1ccc(S(=O)(=O)Nc2ccccn2)cc1. The molecule has 8 heteroatoms. The van der Waals surface area contributed by atoms with Gasteiger partial charge in [-0.3, -0.25) is 9.52 Å². The van der Waals surface area contributed by atoms with Crippen LogP contribution >= 0.6 is 0 Å². The van der Waals surface area contributed by atoms with Crippen LogP contribution in [0.3, 0.4) is 0 Å². The van der Waals surface area contributed by atoms with E-state index in [4.69, 9.17) is 4.74 Å². The van der Waals surface area contributed by atoms with E-state index in [1.807, 2.05) is 24.3 Å². The van der Waals surface area contributed by atoms with E-state index in [0.29, 0.717) is 11.4 Å². The molecule has 2 N–H and O–H groups in total. The molecule has 0 aliphatic heterocycles. The fourth-order valence-corrected chi connectivity index (χ4v) is 3.88. The lowest BCUT2D eigenvalue weighted by atomic mass is 9.87. The van der Waals surface area contributed by atoms with Gasteiger partial charge in [0.25, 0.3) is 15.9 Å². The summed E-state index contributed by atoms with van der Waals surface area (Å²) in [6.07, 6.45) is 0.767. The van der Waals surface area contributed by atoms with Crippen molar-refractivity contribution in [2.75, 3.05) is 10.0 Å². The molecule has 0 aliphatic rings. The van der Waals surface area contributed by atoms with Crippen molar-refractivity contribution in [1.82, 2.24) is 4.98 Å². The number of nitrogens with zero attached hydrogens (tertiary/aromatic N) is 1. The molecule has 0 saturated carbocycles. The van der Waals surface area contributed by atoms with Crippen LogP contribution in [0.5, 0.6) is 5.75 Å². The molecule has 1 amide bonds. The number of amides is 1. The second kappa shape index (κ2) is 9.40. The number of benzene rings is 2. The van der Waals surface area contributed by atoms with Crippen molar-refractivity contribution < 1.29 is 17.9 Å². The highest BCUT2D eigenvalue weighted by atomic mass is 32.2. The molecular formula is C24H27N3O4S. The van der Waals surface area contributed by atoms with Crippen molar-refractivity contribution in [1.29, 1.82) is 0 Å².